The number of methoxy groups -OCH3 is 1. The Balaban J connectivity index is 1.43. The molecule has 0 saturated carbocycles. The zero-order valence-corrected chi connectivity index (χ0v) is 17.0. The fourth-order valence-corrected chi connectivity index (χ4v) is 4.61. The van der Waals surface area contributed by atoms with Crippen LogP contribution in [0, 0.1) is 6.92 Å². The fourth-order valence-electron chi connectivity index (χ4n) is 4.61. The molecule has 0 radical (unpaired) electrons. The van der Waals surface area contributed by atoms with Gasteiger partial charge in [-0.05, 0) is 44.0 Å². The molecule has 7 heteroatoms. The number of rotatable bonds is 2. The van der Waals surface area contributed by atoms with Crippen molar-refractivity contribution in [1.82, 2.24) is 19.2 Å². The number of ether oxygens (including phenoxy) is 1. The van der Waals surface area contributed by atoms with E-state index in [1.165, 1.54) is 5.69 Å². The minimum Gasteiger partial charge on any atom is -0.497 e. The number of fused-ring (bicyclic) bond motifs is 4. The summed E-state index contributed by atoms with van der Waals surface area (Å²) in [4.78, 5) is 15.0. The molecular formula is C22H25N5O2. The summed E-state index contributed by atoms with van der Waals surface area (Å²) in [7, 11) is 3.55. The van der Waals surface area contributed by atoms with Gasteiger partial charge in [-0.25, -0.2) is 0 Å². The average Bonchev–Trinajstić information content (AvgIpc) is 3.36. The summed E-state index contributed by atoms with van der Waals surface area (Å²) in [6.45, 7) is 3.33. The number of carbonyl (C=O) groups excluding carboxylic acids is 1. The number of amides is 1. The number of nitrogens with zero attached hydrogens (tertiary/aromatic N) is 4. The van der Waals surface area contributed by atoms with E-state index in [2.05, 4.69) is 45.4 Å². The molecule has 5 rings (SSSR count). The lowest BCUT2D eigenvalue weighted by atomic mass is 9.82. The maximum Gasteiger partial charge on any atom is 0.257 e. The molecule has 7 nitrogen and oxygen atoms in total. The van der Waals surface area contributed by atoms with E-state index in [4.69, 9.17) is 4.74 Å². The van der Waals surface area contributed by atoms with Crippen LogP contribution in [0.15, 0.2) is 42.7 Å². The van der Waals surface area contributed by atoms with Gasteiger partial charge >= 0.3 is 0 Å². The number of hydrogen-bond donors (Lipinski definition) is 1. The van der Waals surface area contributed by atoms with E-state index in [9.17, 15) is 4.79 Å². The van der Waals surface area contributed by atoms with Crippen LogP contribution in [0.2, 0.25) is 0 Å². The number of carbonyl (C=O) groups is 1. The maximum atomic E-state index is 13.0. The fraction of sp³-hybridized carbons (Fsp3) is 0.364. The number of nitrogens with one attached hydrogen (secondary N) is 1. The summed E-state index contributed by atoms with van der Waals surface area (Å²) < 4.78 is 9.43. The molecular weight excluding hydrogens is 366 g/mol. The van der Waals surface area contributed by atoms with Gasteiger partial charge in [-0.15, -0.1) is 0 Å². The van der Waals surface area contributed by atoms with Gasteiger partial charge in [-0.1, -0.05) is 0 Å². The molecule has 2 aliphatic rings. The SMILES string of the molecule is COc1ccc2c(c1)NC1(CCN(C(=O)c3cnn(C)c3C)CC1)c1cccn1-2. The largest absolute Gasteiger partial charge is 0.497 e. The molecule has 0 atom stereocenters. The third kappa shape index (κ3) is 2.64. The second kappa shape index (κ2) is 6.40. The molecule has 4 heterocycles. The first-order valence-electron chi connectivity index (χ1n) is 9.95. The molecule has 1 aromatic carbocycles. The highest BCUT2D eigenvalue weighted by atomic mass is 16.5. The minimum atomic E-state index is -0.191. The summed E-state index contributed by atoms with van der Waals surface area (Å²) in [5, 5.41) is 8.01. The summed E-state index contributed by atoms with van der Waals surface area (Å²) >= 11 is 0. The highest BCUT2D eigenvalue weighted by molar-refractivity contribution is 5.95. The first-order chi connectivity index (χ1) is 14.0. The van der Waals surface area contributed by atoms with Crippen molar-refractivity contribution in [1.29, 1.82) is 0 Å². The molecule has 1 N–H and O–H groups in total. The molecule has 0 aliphatic carbocycles. The average molecular weight is 391 g/mol. The third-order valence-electron chi connectivity index (χ3n) is 6.45. The Bertz CT molecular complexity index is 1090. The summed E-state index contributed by atoms with van der Waals surface area (Å²) in [6.07, 6.45) is 5.48. The highest BCUT2D eigenvalue weighted by Crippen LogP contribution is 2.44. The second-order valence-electron chi connectivity index (χ2n) is 7.91. The molecule has 1 amide bonds. The molecule has 1 spiro atoms. The Morgan fingerprint density at radius 2 is 2.03 bits per heavy atom. The Labute approximate surface area is 169 Å². The van der Waals surface area contributed by atoms with Gasteiger partial charge in [0.05, 0.1) is 35.8 Å². The van der Waals surface area contributed by atoms with Crippen LogP contribution in [0.3, 0.4) is 0 Å². The van der Waals surface area contributed by atoms with Crippen molar-refractivity contribution in [3.63, 3.8) is 0 Å². The lowest BCUT2D eigenvalue weighted by Crippen LogP contribution is -2.51. The van der Waals surface area contributed by atoms with Crippen LogP contribution in [0.4, 0.5) is 5.69 Å². The standard InChI is InChI=1S/C22H25N5O2/c1-15-17(14-23-25(15)2)21(28)26-11-8-22(9-12-26)20-5-4-10-27(20)19-7-6-16(29-3)13-18(19)24-22/h4-7,10,13-14,24H,8-9,11-12H2,1-3H3. The van der Waals surface area contributed by atoms with Crippen LogP contribution in [0.1, 0.15) is 34.6 Å². The maximum absolute atomic E-state index is 13.0. The van der Waals surface area contributed by atoms with Crippen molar-refractivity contribution in [3.8, 4) is 11.4 Å². The minimum absolute atomic E-state index is 0.0683. The van der Waals surface area contributed by atoms with Crippen molar-refractivity contribution in [2.45, 2.75) is 25.3 Å². The highest BCUT2D eigenvalue weighted by Gasteiger charge is 2.42. The van der Waals surface area contributed by atoms with E-state index in [0.717, 1.165) is 35.7 Å². The summed E-state index contributed by atoms with van der Waals surface area (Å²) in [5.74, 6) is 0.903. The topological polar surface area (TPSA) is 64.3 Å². The van der Waals surface area contributed by atoms with Crippen LogP contribution in [0.5, 0.6) is 5.75 Å². The molecule has 29 heavy (non-hydrogen) atoms. The van der Waals surface area contributed by atoms with Crippen molar-refractivity contribution in [3.05, 3.63) is 59.7 Å². The van der Waals surface area contributed by atoms with E-state index < -0.39 is 0 Å². The summed E-state index contributed by atoms with van der Waals surface area (Å²) in [6, 6.07) is 10.4. The molecule has 2 aromatic heterocycles. The first kappa shape index (κ1) is 17.8. The van der Waals surface area contributed by atoms with Crippen LogP contribution < -0.4 is 10.1 Å². The van der Waals surface area contributed by atoms with Gasteiger partial charge in [0.2, 0.25) is 0 Å². The zero-order valence-electron chi connectivity index (χ0n) is 17.0. The zero-order chi connectivity index (χ0) is 20.2. The van der Waals surface area contributed by atoms with E-state index >= 15 is 0 Å². The van der Waals surface area contributed by atoms with Crippen molar-refractivity contribution in [2.24, 2.45) is 7.05 Å². The van der Waals surface area contributed by atoms with Gasteiger partial charge in [-0.2, -0.15) is 5.10 Å². The predicted octanol–water partition coefficient (Wildman–Crippen LogP) is 3.08. The van der Waals surface area contributed by atoms with Crippen LogP contribution in [-0.4, -0.2) is 45.4 Å². The van der Waals surface area contributed by atoms with Gasteiger partial charge in [-0.3, -0.25) is 9.48 Å². The lowest BCUT2D eigenvalue weighted by molar-refractivity contribution is 0.0675. The Kier molecular flexibility index (Phi) is 3.94. The van der Waals surface area contributed by atoms with Crippen molar-refractivity contribution < 1.29 is 9.53 Å². The van der Waals surface area contributed by atoms with E-state index in [1.54, 1.807) is 18.0 Å². The quantitative estimate of drug-likeness (QED) is 0.729. The van der Waals surface area contributed by atoms with Gasteiger partial charge < -0.3 is 19.5 Å². The summed E-state index contributed by atoms with van der Waals surface area (Å²) in [5.41, 5.74) is 4.85. The first-order valence-corrected chi connectivity index (χ1v) is 9.95. The van der Waals surface area contributed by atoms with Gasteiger partial charge in [0, 0.05) is 43.8 Å². The van der Waals surface area contributed by atoms with Crippen LogP contribution in [-0.2, 0) is 12.6 Å². The van der Waals surface area contributed by atoms with Crippen LogP contribution in [0.25, 0.3) is 5.69 Å². The number of hydrogen-bond acceptors (Lipinski definition) is 4. The number of likely N-dealkylation sites (tertiary alicyclic amines) is 1. The predicted molar refractivity (Wildman–Crippen MR) is 111 cm³/mol. The van der Waals surface area contributed by atoms with Gasteiger partial charge in [0.1, 0.15) is 5.75 Å². The Hall–Kier alpha value is -3.22. The van der Waals surface area contributed by atoms with Crippen molar-refractivity contribution in [2.75, 3.05) is 25.5 Å². The van der Waals surface area contributed by atoms with Gasteiger partial charge in [0.15, 0.2) is 0 Å². The second-order valence-corrected chi connectivity index (χ2v) is 7.91. The third-order valence-corrected chi connectivity index (χ3v) is 6.45. The molecule has 0 bridgehead atoms. The molecule has 1 saturated heterocycles. The monoisotopic (exact) mass is 391 g/mol. The van der Waals surface area contributed by atoms with Crippen LogP contribution >= 0.6 is 0 Å². The normalized spacial score (nSPS) is 16.9. The van der Waals surface area contributed by atoms with Crippen molar-refractivity contribution >= 4 is 11.6 Å². The van der Waals surface area contributed by atoms with E-state index in [1.807, 2.05) is 24.9 Å². The molecule has 2 aliphatic heterocycles. The molecule has 1 fully saturated rings. The molecule has 3 aromatic rings. The van der Waals surface area contributed by atoms with Gasteiger partial charge in [0.25, 0.3) is 5.91 Å². The lowest BCUT2D eigenvalue weighted by Gasteiger charge is -2.46. The Morgan fingerprint density at radius 3 is 2.72 bits per heavy atom. The number of aromatic nitrogens is 3. The van der Waals surface area contributed by atoms with E-state index in [0.29, 0.717) is 18.7 Å². The van der Waals surface area contributed by atoms with E-state index in [-0.39, 0.29) is 11.4 Å². The molecule has 150 valence electrons. The smallest absolute Gasteiger partial charge is 0.257 e. The Morgan fingerprint density at radius 1 is 1.24 bits per heavy atom. The number of piperidine rings is 1. The molecule has 0 unspecified atom stereocenters. The number of aryl methyl sites for hydroxylation is 1. The number of benzene rings is 1. The number of anilines is 1.